The molecule has 0 bridgehead atoms. The third kappa shape index (κ3) is 3.33. The maximum Gasteiger partial charge on any atom is 0.243 e. The van der Waals surface area contributed by atoms with Gasteiger partial charge in [-0.15, -0.1) is 5.10 Å². The van der Waals surface area contributed by atoms with E-state index in [9.17, 15) is 4.21 Å². The molecule has 0 saturated carbocycles. The Hall–Kier alpha value is -1.11. The lowest BCUT2D eigenvalue weighted by Gasteiger charge is -2.07. The van der Waals surface area contributed by atoms with Crippen LogP contribution < -0.4 is 11.1 Å². The lowest BCUT2D eigenvalue weighted by molar-refractivity contribution is 0.672. The Morgan fingerprint density at radius 1 is 1.71 bits per heavy atom. The van der Waals surface area contributed by atoms with E-state index < -0.39 is 10.8 Å². The number of hydrogen-bond acceptors (Lipinski definition) is 5. The molecule has 0 aliphatic carbocycles. The predicted molar refractivity (Wildman–Crippen MR) is 57.4 cm³/mol. The minimum atomic E-state index is -0.776. The fourth-order valence-electron chi connectivity index (χ4n) is 0.907. The first-order valence-electron chi connectivity index (χ1n) is 4.33. The Morgan fingerprint density at radius 3 is 2.93 bits per heavy atom. The summed E-state index contributed by atoms with van der Waals surface area (Å²) in [6, 6.07) is 0. The molecular formula is C7H15N5OS. The molecule has 80 valence electrons. The van der Waals surface area contributed by atoms with Gasteiger partial charge in [0.25, 0.3) is 0 Å². The monoisotopic (exact) mass is 217 g/mol. The number of nitrogens with one attached hydrogen (secondary N) is 2. The van der Waals surface area contributed by atoms with Gasteiger partial charge in [0.2, 0.25) is 11.9 Å². The molecule has 4 N–H and O–H groups in total. The number of anilines is 2. The van der Waals surface area contributed by atoms with Crippen LogP contribution in [0.1, 0.15) is 13.3 Å². The predicted octanol–water partition coefficient (Wildman–Crippen LogP) is -0.0441. The third-order valence-corrected chi connectivity index (χ3v) is 3.27. The highest BCUT2D eigenvalue weighted by atomic mass is 32.2. The van der Waals surface area contributed by atoms with Gasteiger partial charge in [-0.05, 0) is 6.42 Å². The molecule has 1 heterocycles. The number of nitrogens with zero attached hydrogens (tertiary/aromatic N) is 2. The van der Waals surface area contributed by atoms with Crippen LogP contribution in [0.5, 0.6) is 0 Å². The van der Waals surface area contributed by atoms with Gasteiger partial charge in [0, 0.05) is 28.9 Å². The van der Waals surface area contributed by atoms with E-state index in [1.165, 1.54) is 0 Å². The molecule has 2 unspecified atom stereocenters. The van der Waals surface area contributed by atoms with E-state index in [-0.39, 0.29) is 5.25 Å². The summed E-state index contributed by atoms with van der Waals surface area (Å²) >= 11 is 0. The van der Waals surface area contributed by atoms with Gasteiger partial charge in [0.15, 0.2) is 0 Å². The maximum atomic E-state index is 11.0. The maximum absolute atomic E-state index is 11.0. The Kier molecular flexibility index (Phi) is 3.87. The average molecular weight is 217 g/mol. The Labute approximate surface area is 85.1 Å². The smallest absolute Gasteiger partial charge is 0.243 e. The van der Waals surface area contributed by atoms with Crippen LogP contribution in [-0.4, -0.2) is 37.4 Å². The van der Waals surface area contributed by atoms with E-state index in [2.05, 4.69) is 20.5 Å². The fraction of sp³-hybridized carbons (Fsp3) is 0.714. The minimum Gasteiger partial charge on any atom is -0.368 e. The summed E-state index contributed by atoms with van der Waals surface area (Å²) < 4.78 is 11.0. The zero-order valence-corrected chi connectivity index (χ0v) is 9.10. The van der Waals surface area contributed by atoms with Gasteiger partial charge in [-0.2, -0.15) is 4.98 Å². The second-order valence-electron chi connectivity index (χ2n) is 3.07. The van der Waals surface area contributed by atoms with Gasteiger partial charge in [-0.25, -0.2) is 5.10 Å². The molecule has 14 heavy (non-hydrogen) atoms. The van der Waals surface area contributed by atoms with E-state index in [0.29, 0.717) is 18.4 Å². The molecule has 0 aliphatic rings. The van der Waals surface area contributed by atoms with Crippen molar-refractivity contribution in [2.75, 3.05) is 23.9 Å². The van der Waals surface area contributed by atoms with Gasteiger partial charge in [-0.1, -0.05) is 6.92 Å². The van der Waals surface area contributed by atoms with E-state index in [0.717, 1.165) is 6.42 Å². The lowest BCUT2D eigenvalue weighted by atomic mass is 10.3. The summed E-state index contributed by atoms with van der Waals surface area (Å²) in [5.41, 5.74) is 5.34. The number of nitrogens with two attached hydrogens (primary N) is 1. The van der Waals surface area contributed by atoms with Crippen LogP contribution in [0.4, 0.5) is 11.9 Å². The molecule has 0 aromatic carbocycles. The van der Waals surface area contributed by atoms with E-state index in [1.54, 1.807) is 6.26 Å². The van der Waals surface area contributed by atoms with Crippen molar-refractivity contribution in [3.8, 4) is 0 Å². The standard InChI is InChI=1S/C7H15N5OS/c1-5(14(2)13)3-4-9-7-10-6(8)11-12-7/h5H,3-4H2,1-2H3,(H4,8,9,10,11,12). The molecule has 1 aromatic heterocycles. The van der Waals surface area contributed by atoms with E-state index in [1.807, 2.05) is 6.92 Å². The van der Waals surface area contributed by atoms with Crippen molar-refractivity contribution < 1.29 is 4.21 Å². The van der Waals surface area contributed by atoms with Gasteiger partial charge in [0.05, 0.1) is 0 Å². The van der Waals surface area contributed by atoms with Crippen LogP contribution in [0, 0.1) is 0 Å². The topological polar surface area (TPSA) is 96.7 Å². The zero-order valence-electron chi connectivity index (χ0n) is 8.28. The van der Waals surface area contributed by atoms with Crippen molar-refractivity contribution in [3.63, 3.8) is 0 Å². The Morgan fingerprint density at radius 2 is 2.43 bits per heavy atom. The van der Waals surface area contributed by atoms with Crippen molar-refractivity contribution in [1.29, 1.82) is 0 Å². The summed E-state index contributed by atoms with van der Waals surface area (Å²) in [5.74, 6) is 0.774. The molecule has 1 aromatic rings. The molecule has 6 nitrogen and oxygen atoms in total. The first-order valence-corrected chi connectivity index (χ1v) is 5.95. The number of rotatable bonds is 5. The van der Waals surface area contributed by atoms with Crippen LogP contribution in [0.25, 0.3) is 0 Å². The van der Waals surface area contributed by atoms with E-state index in [4.69, 9.17) is 5.73 Å². The number of aromatic nitrogens is 3. The quantitative estimate of drug-likeness (QED) is 0.643. The normalized spacial score (nSPS) is 15.0. The largest absolute Gasteiger partial charge is 0.368 e. The SMILES string of the molecule is CC(CCNc1n[nH]c(N)n1)S(C)=O. The second kappa shape index (κ2) is 4.94. The van der Waals surface area contributed by atoms with Crippen molar-refractivity contribution in [1.82, 2.24) is 15.2 Å². The summed E-state index contributed by atoms with van der Waals surface area (Å²) in [7, 11) is -0.776. The van der Waals surface area contributed by atoms with Gasteiger partial charge in [0.1, 0.15) is 0 Å². The molecule has 0 fully saturated rings. The van der Waals surface area contributed by atoms with Crippen molar-refractivity contribution in [2.24, 2.45) is 0 Å². The zero-order chi connectivity index (χ0) is 10.6. The van der Waals surface area contributed by atoms with E-state index >= 15 is 0 Å². The third-order valence-electron chi connectivity index (χ3n) is 1.90. The molecule has 0 spiro atoms. The molecule has 0 radical (unpaired) electrons. The minimum absolute atomic E-state index is 0.179. The highest BCUT2D eigenvalue weighted by molar-refractivity contribution is 7.84. The first-order chi connectivity index (χ1) is 6.59. The summed E-state index contributed by atoms with van der Waals surface area (Å²) in [6.45, 7) is 2.64. The van der Waals surface area contributed by atoms with Crippen molar-refractivity contribution in [2.45, 2.75) is 18.6 Å². The molecule has 2 atom stereocenters. The van der Waals surface area contributed by atoms with Crippen LogP contribution in [0.3, 0.4) is 0 Å². The number of aromatic amines is 1. The molecule has 7 heteroatoms. The number of nitrogen functional groups attached to an aromatic ring is 1. The summed E-state index contributed by atoms with van der Waals surface area (Å²) in [5, 5.41) is 9.50. The van der Waals surface area contributed by atoms with Crippen molar-refractivity contribution >= 4 is 22.7 Å². The van der Waals surface area contributed by atoms with Gasteiger partial charge < -0.3 is 11.1 Å². The van der Waals surface area contributed by atoms with Crippen LogP contribution in [0.15, 0.2) is 0 Å². The number of H-pyrrole nitrogens is 1. The molecule has 0 aliphatic heterocycles. The summed E-state index contributed by atoms with van der Waals surface area (Å²) in [6.07, 6.45) is 2.52. The fourth-order valence-corrected chi connectivity index (χ4v) is 1.36. The van der Waals surface area contributed by atoms with Crippen LogP contribution >= 0.6 is 0 Å². The molecule has 1 rings (SSSR count). The Balaban J connectivity index is 2.25. The Bertz CT molecular complexity index is 313. The lowest BCUT2D eigenvalue weighted by Crippen LogP contribution is -2.15. The van der Waals surface area contributed by atoms with Crippen molar-refractivity contribution in [3.05, 3.63) is 0 Å². The van der Waals surface area contributed by atoms with Crippen LogP contribution in [-0.2, 0) is 10.8 Å². The highest BCUT2D eigenvalue weighted by Gasteiger charge is 2.06. The molecular weight excluding hydrogens is 202 g/mol. The van der Waals surface area contributed by atoms with Crippen LogP contribution in [0.2, 0.25) is 0 Å². The molecule has 0 saturated heterocycles. The second-order valence-corrected chi connectivity index (χ2v) is 4.87. The first kappa shape index (κ1) is 11.0. The highest BCUT2D eigenvalue weighted by Crippen LogP contribution is 2.02. The van der Waals surface area contributed by atoms with Gasteiger partial charge in [-0.3, -0.25) is 4.21 Å². The van der Waals surface area contributed by atoms with Gasteiger partial charge >= 0.3 is 0 Å². The number of hydrogen-bond donors (Lipinski definition) is 3. The average Bonchev–Trinajstić information content (AvgIpc) is 2.51. The summed E-state index contributed by atoms with van der Waals surface area (Å²) in [4.78, 5) is 3.88. The molecule has 0 amide bonds.